The van der Waals surface area contributed by atoms with E-state index in [1.165, 1.54) is 0 Å². The Hall–Kier alpha value is -1.31. The summed E-state index contributed by atoms with van der Waals surface area (Å²) in [6.45, 7) is 12.0. The first-order valence-electron chi connectivity index (χ1n) is 7.80. The third-order valence-corrected chi connectivity index (χ3v) is 4.68. The highest BCUT2D eigenvalue weighted by atomic mass is 16.2. The predicted octanol–water partition coefficient (Wildman–Crippen LogP) is 4.14. The van der Waals surface area contributed by atoms with E-state index in [9.17, 15) is 4.79 Å². The number of hydrogen-bond donors (Lipinski definition) is 0. The maximum absolute atomic E-state index is 12.9. The average molecular weight is 273 g/mol. The van der Waals surface area contributed by atoms with Gasteiger partial charge in [-0.2, -0.15) is 0 Å². The van der Waals surface area contributed by atoms with Gasteiger partial charge in [0, 0.05) is 18.2 Å². The first kappa shape index (κ1) is 15.1. The number of hydrogen-bond acceptors (Lipinski definition) is 1. The third-order valence-electron chi connectivity index (χ3n) is 4.68. The molecule has 1 amide bonds. The second kappa shape index (κ2) is 5.99. The summed E-state index contributed by atoms with van der Waals surface area (Å²) in [6, 6.07) is 8.31. The minimum atomic E-state index is 0.213. The highest BCUT2D eigenvalue weighted by Gasteiger charge is 2.40. The number of amides is 1. The zero-order valence-electron chi connectivity index (χ0n) is 13.4. The molecule has 2 nitrogen and oxygen atoms in total. The van der Waals surface area contributed by atoms with Crippen LogP contribution in [0.25, 0.3) is 0 Å². The van der Waals surface area contributed by atoms with Gasteiger partial charge in [0.25, 0.3) is 5.91 Å². The fourth-order valence-electron chi connectivity index (χ4n) is 3.63. The van der Waals surface area contributed by atoms with Gasteiger partial charge in [0.1, 0.15) is 0 Å². The van der Waals surface area contributed by atoms with Gasteiger partial charge in [-0.1, -0.05) is 45.9 Å². The van der Waals surface area contributed by atoms with Crippen LogP contribution in [0, 0.1) is 24.7 Å². The second-order valence-electron chi connectivity index (χ2n) is 6.74. The van der Waals surface area contributed by atoms with E-state index in [0.717, 1.165) is 24.1 Å². The van der Waals surface area contributed by atoms with Crippen molar-refractivity contribution in [2.45, 2.75) is 47.1 Å². The summed E-state index contributed by atoms with van der Waals surface area (Å²) in [5.41, 5.74) is 1.94. The van der Waals surface area contributed by atoms with E-state index in [-0.39, 0.29) is 5.91 Å². The molecule has 0 spiro atoms. The van der Waals surface area contributed by atoms with Crippen molar-refractivity contribution in [1.29, 1.82) is 0 Å². The molecule has 0 bridgehead atoms. The minimum absolute atomic E-state index is 0.213. The molecule has 20 heavy (non-hydrogen) atoms. The molecule has 0 radical (unpaired) electrons. The van der Waals surface area contributed by atoms with E-state index >= 15 is 0 Å². The molecule has 1 heterocycles. The van der Waals surface area contributed by atoms with Crippen molar-refractivity contribution in [3.8, 4) is 0 Å². The van der Waals surface area contributed by atoms with Gasteiger partial charge in [0.15, 0.2) is 0 Å². The summed E-state index contributed by atoms with van der Waals surface area (Å²) in [4.78, 5) is 15.0. The van der Waals surface area contributed by atoms with Gasteiger partial charge in [-0.05, 0) is 42.7 Å². The van der Waals surface area contributed by atoms with Crippen LogP contribution < -0.4 is 0 Å². The molecule has 2 atom stereocenters. The van der Waals surface area contributed by atoms with Crippen LogP contribution in [0.5, 0.6) is 0 Å². The van der Waals surface area contributed by atoms with Gasteiger partial charge in [0.05, 0.1) is 0 Å². The van der Waals surface area contributed by atoms with E-state index in [4.69, 9.17) is 0 Å². The largest absolute Gasteiger partial charge is 0.335 e. The van der Waals surface area contributed by atoms with Gasteiger partial charge in [-0.15, -0.1) is 0 Å². The SMILES string of the molecule is Cc1ccccc1C(=O)N1CC[C@@H](C(C)C)[C@H]1C(C)C. The molecule has 0 unspecified atom stereocenters. The Balaban J connectivity index is 2.28. The van der Waals surface area contributed by atoms with Crippen LogP contribution in [0.15, 0.2) is 24.3 Å². The van der Waals surface area contributed by atoms with Crippen LogP contribution in [-0.4, -0.2) is 23.4 Å². The standard InChI is InChI=1S/C18H27NO/c1-12(2)15-10-11-19(17(15)13(3)4)18(20)16-9-7-6-8-14(16)5/h6-9,12-13,15,17H,10-11H2,1-5H3/t15-,17+/m0/s1. The van der Waals surface area contributed by atoms with E-state index in [1.807, 2.05) is 31.2 Å². The zero-order valence-corrected chi connectivity index (χ0v) is 13.4. The lowest BCUT2D eigenvalue weighted by molar-refractivity contribution is 0.0654. The first-order chi connectivity index (χ1) is 9.43. The second-order valence-corrected chi connectivity index (χ2v) is 6.74. The molecule has 2 heteroatoms. The fourth-order valence-corrected chi connectivity index (χ4v) is 3.63. The Morgan fingerprint density at radius 1 is 1.15 bits per heavy atom. The van der Waals surface area contributed by atoms with Gasteiger partial charge < -0.3 is 4.90 Å². The Morgan fingerprint density at radius 3 is 2.35 bits per heavy atom. The topological polar surface area (TPSA) is 20.3 Å². The number of nitrogens with zero attached hydrogens (tertiary/aromatic N) is 1. The quantitative estimate of drug-likeness (QED) is 0.810. The molecule has 1 fully saturated rings. The molecule has 0 aliphatic carbocycles. The maximum atomic E-state index is 12.9. The maximum Gasteiger partial charge on any atom is 0.254 e. The molecule has 1 saturated heterocycles. The number of aryl methyl sites for hydroxylation is 1. The van der Waals surface area contributed by atoms with Gasteiger partial charge in [-0.3, -0.25) is 4.79 Å². The van der Waals surface area contributed by atoms with Crippen LogP contribution in [0.2, 0.25) is 0 Å². The summed E-state index contributed by atoms with van der Waals surface area (Å²) < 4.78 is 0. The highest BCUT2D eigenvalue weighted by molar-refractivity contribution is 5.96. The van der Waals surface area contributed by atoms with Crippen molar-refractivity contribution >= 4 is 5.91 Å². The van der Waals surface area contributed by atoms with E-state index in [2.05, 4.69) is 32.6 Å². The van der Waals surface area contributed by atoms with Crippen LogP contribution in [-0.2, 0) is 0 Å². The van der Waals surface area contributed by atoms with E-state index < -0.39 is 0 Å². The first-order valence-corrected chi connectivity index (χ1v) is 7.80. The number of carbonyl (C=O) groups is 1. The van der Waals surface area contributed by atoms with Gasteiger partial charge >= 0.3 is 0 Å². The Morgan fingerprint density at radius 2 is 1.80 bits per heavy atom. The van der Waals surface area contributed by atoms with Crippen molar-refractivity contribution in [3.63, 3.8) is 0 Å². The van der Waals surface area contributed by atoms with Gasteiger partial charge in [0.2, 0.25) is 0 Å². The molecule has 110 valence electrons. The van der Waals surface area contributed by atoms with Crippen LogP contribution in [0.3, 0.4) is 0 Å². The summed E-state index contributed by atoms with van der Waals surface area (Å²) >= 11 is 0. The molecular weight excluding hydrogens is 246 g/mol. The monoisotopic (exact) mass is 273 g/mol. The number of likely N-dealkylation sites (tertiary alicyclic amines) is 1. The fraction of sp³-hybridized carbons (Fsp3) is 0.611. The van der Waals surface area contributed by atoms with Crippen molar-refractivity contribution in [2.75, 3.05) is 6.54 Å². The lowest BCUT2D eigenvalue weighted by Gasteiger charge is -2.33. The summed E-state index contributed by atoms with van der Waals surface area (Å²) in [5, 5.41) is 0. The van der Waals surface area contributed by atoms with Gasteiger partial charge in [-0.25, -0.2) is 0 Å². The minimum Gasteiger partial charge on any atom is -0.335 e. The predicted molar refractivity (Wildman–Crippen MR) is 83.8 cm³/mol. The lowest BCUT2D eigenvalue weighted by atomic mass is 9.83. The molecule has 2 rings (SSSR count). The zero-order chi connectivity index (χ0) is 14.9. The van der Waals surface area contributed by atoms with E-state index in [1.54, 1.807) is 0 Å². The Bertz CT molecular complexity index is 478. The van der Waals surface area contributed by atoms with E-state index in [0.29, 0.717) is 23.8 Å². The Labute approximate surface area is 123 Å². The summed E-state index contributed by atoms with van der Waals surface area (Å²) in [7, 11) is 0. The molecule has 0 saturated carbocycles. The van der Waals surface area contributed by atoms with Crippen LogP contribution in [0.4, 0.5) is 0 Å². The average Bonchev–Trinajstić information content (AvgIpc) is 2.83. The smallest absolute Gasteiger partial charge is 0.254 e. The molecule has 1 aromatic carbocycles. The summed E-state index contributed by atoms with van der Waals surface area (Å²) in [6.07, 6.45) is 1.14. The summed E-state index contributed by atoms with van der Waals surface area (Å²) in [5.74, 6) is 1.99. The molecule has 1 aliphatic heterocycles. The number of rotatable bonds is 3. The van der Waals surface area contributed by atoms with Crippen molar-refractivity contribution < 1.29 is 4.79 Å². The van der Waals surface area contributed by atoms with Crippen LogP contribution in [0.1, 0.15) is 50.0 Å². The highest BCUT2D eigenvalue weighted by Crippen LogP contribution is 2.35. The van der Waals surface area contributed by atoms with Crippen LogP contribution >= 0.6 is 0 Å². The van der Waals surface area contributed by atoms with Crippen molar-refractivity contribution in [1.82, 2.24) is 4.90 Å². The van der Waals surface area contributed by atoms with Crippen molar-refractivity contribution in [2.24, 2.45) is 17.8 Å². The molecule has 1 aromatic rings. The number of carbonyl (C=O) groups excluding carboxylic acids is 1. The lowest BCUT2D eigenvalue weighted by Crippen LogP contribution is -2.42. The molecule has 0 N–H and O–H groups in total. The molecule has 1 aliphatic rings. The Kier molecular flexibility index (Phi) is 4.52. The molecule has 0 aromatic heterocycles. The van der Waals surface area contributed by atoms with Crippen molar-refractivity contribution in [3.05, 3.63) is 35.4 Å². The molecular formula is C18H27NO. The normalized spacial score (nSPS) is 22.9. The third kappa shape index (κ3) is 2.74. The number of benzene rings is 1.